The Bertz CT molecular complexity index is 486. The lowest BCUT2D eigenvalue weighted by atomic mass is 9.99. The lowest BCUT2D eigenvalue weighted by Crippen LogP contribution is -2.26. The number of likely N-dealkylation sites (tertiary alicyclic amines) is 1. The number of aliphatic carboxylic acids is 1. The molecule has 0 aliphatic carbocycles. The molecule has 3 unspecified atom stereocenters. The Morgan fingerprint density at radius 1 is 1.42 bits per heavy atom. The van der Waals surface area contributed by atoms with Crippen LogP contribution in [-0.2, 0) is 4.79 Å². The molecule has 1 fully saturated rings. The summed E-state index contributed by atoms with van der Waals surface area (Å²) in [7, 11) is 0. The Hall–Kier alpha value is -1.55. The predicted octanol–water partition coefficient (Wildman–Crippen LogP) is 2.41. The van der Waals surface area contributed by atoms with Gasteiger partial charge in [0.05, 0.1) is 5.92 Å². The number of phenolic OH excluding ortho intramolecular Hbond substituents is 1. The van der Waals surface area contributed by atoms with Gasteiger partial charge in [-0.25, -0.2) is 0 Å². The van der Waals surface area contributed by atoms with Gasteiger partial charge in [-0.1, -0.05) is 24.6 Å². The molecule has 4 heteroatoms. The summed E-state index contributed by atoms with van der Waals surface area (Å²) in [5.74, 6) is -0.610. The van der Waals surface area contributed by atoms with E-state index in [1.165, 1.54) is 0 Å². The van der Waals surface area contributed by atoms with E-state index in [0.717, 1.165) is 17.7 Å². The fourth-order valence-electron chi connectivity index (χ4n) is 2.85. The standard InChI is InChI=1S/C15H21NO3/c1-9-4-5-14(17)12(6-9)11(3)16-7-10(2)13(8-16)15(18)19/h4-6,10-11,13,17H,7-8H2,1-3H3,(H,18,19). The molecule has 1 aromatic rings. The van der Waals surface area contributed by atoms with E-state index in [4.69, 9.17) is 0 Å². The summed E-state index contributed by atoms with van der Waals surface area (Å²) in [6.07, 6.45) is 0. The number of benzene rings is 1. The van der Waals surface area contributed by atoms with Gasteiger partial charge in [-0.2, -0.15) is 0 Å². The number of aryl methyl sites for hydroxylation is 1. The Morgan fingerprint density at radius 2 is 2.11 bits per heavy atom. The van der Waals surface area contributed by atoms with Gasteiger partial charge >= 0.3 is 5.97 Å². The van der Waals surface area contributed by atoms with Gasteiger partial charge in [-0.15, -0.1) is 0 Å². The summed E-state index contributed by atoms with van der Waals surface area (Å²) in [6, 6.07) is 5.58. The molecule has 104 valence electrons. The molecule has 1 saturated heterocycles. The molecule has 0 aromatic heterocycles. The zero-order valence-corrected chi connectivity index (χ0v) is 11.6. The van der Waals surface area contributed by atoms with E-state index in [-0.39, 0.29) is 23.6 Å². The molecule has 0 amide bonds. The van der Waals surface area contributed by atoms with Gasteiger partial charge in [0.15, 0.2) is 0 Å². The lowest BCUT2D eigenvalue weighted by molar-refractivity contribution is -0.142. The number of phenols is 1. The van der Waals surface area contributed by atoms with E-state index in [0.29, 0.717) is 6.54 Å². The van der Waals surface area contributed by atoms with Crippen LogP contribution >= 0.6 is 0 Å². The molecule has 1 aromatic carbocycles. The van der Waals surface area contributed by atoms with Crippen molar-refractivity contribution in [3.63, 3.8) is 0 Å². The first-order valence-corrected chi connectivity index (χ1v) is 6.66. The van der Waals surface area contributed by atoms with E-state index in [2.05, 4.69) is 4.90 Å². The molecular weight excluding hydrogens is 242 g/mol. The highest BCUT2D eigenvalue weighted by Crippen LogP contribution is 2.34. The van der Waals surface area contributed by atoms with Gasteiger partial charge in [-0.05, 0) is 25.8 Å². The second kappa shape index (κ2) is 5.21. The Kier molecular flexibility index (Phi) is 3.80. The van der Waals surface area contributed by atoms with E-state index >= 15 is 0 Å². The Morgan fingerprint density at radius 3 is 2.68 bits per heavy atom. The molecular formula is C15H21NO3. The molecule has 0 spiro atoms. The molecule has 1 aliphatic heterocycles. The molecule has 0 radical (unpaired) electrons. The maximum absolute atomic E-state index is 11.2. The second-order valence-corrected chi connectivity index (χ2v) is 5.61. The smallest absolute Gasteiger partial charge is 0.308 e. The number of carboxylic acid groups (broad SMARTS) is 1. The van der Waals surface area contributed by atoms with Crippen molar-refractivity contribution in [2.45, 2.75) is 26.8 Å². The van der Waals surface area contributed by atoms with Gasteiger partial charge < -0.3 is 10.2 Å². The van der Waals surface area contributed by atoms with Crippen LogP contribution < -0.4 is 0 Å². The quantitative estimate of drug-likeness (QED) is 0.879. The maximum Gasteiger partial charge on any atom is 0.308 e. The molecule has 2 N–H and O–H groups in total. The fourth-order valence-corrected chi connectivity index (χ4v) is 2.85. The molecule has 0 saturated carbocycles. The van der Waals surface area contributed by atoms with Crippen molar-refractivity contribution >= 4 is 5.97 Å². The first-order chi connectivity index (χ1) is 8.90. The first-order valence-electron chi connectivity index (χ1n) is 6.66. The number of rotatable bonds is 3. The minimum Gasteiger partial charge on any atom is -0.508 e. The summed E-state index contributed by atoms with van der Waals surface area (Å²) in [5.41, 5.74) is 1.97. The predicted molar refractivity (Wildman–Crippen MR) is 73.1 cm³/mol. The molecule has 1 aliphatic rings. The van der Waals surface area contributed by atoms with Crippen molar-refractivity contribution in [3.05, 3.63) is 29.3 Å². The van der Waals surface area contributed by atoms with Crippen LogP contribution in [0.2, 0.25) is 0 Å². The fraction of sp³-hybridized carbons (Fsp3) is 0.533. The number of carboxylic acids is 1. The van der Waals surface area contributed by atoms with Crippen LogP contribution in [0.4, 0.5) is 0 Å². The van der Waals surface area contributed by atoms with E-state index in [1.54, 1.807) is 6.07 Å². The lowest BCUT2D eigenvalue weighted by Gasteiger charge is -2.25. The minimum absolute atomic E-state index is 0.0340. The summed E-state index contributed by atoms with van der Waals surface area (Å²) >= 11 is 0. The summed E-state index contributed by atoms with van der Waals surface area (Å²) in [4.78, 5) is 13.3. The highest BCUT2D eigenvalue weighted by molar-refractivity contribution is 5.71. The average molecular weight is 263 g/mol. The normalized spacial score (nSPS) is 25.4. The van der Waals surface area contributed by atoms with Crippen LogP contribution in [0.15, 0.2) is 18.2 Å². The Balaban J connectivity index is 2.19. The number of hydrogen-bond donors (Lipinski definition) is 2. The van der Waals surface area contributed by atoms with Gasteiger partial charge in [0.1, 0.15) is 5.75 Å². The van der Waals surface area contributed by atoms with Gasteiger partial charge in [0, 0.05) is 24.7 Å². The summed E-state index contributed by atoms with van der Waals surface area (Å²) < 4.78 is 0. The van der Waals surface area contributed by atoms with Crippen LogP contribution in [0.5, 0.6) is 5.75 Å². The number of nitrogens with zero attached hydrogens (tertiary/aromatic N) is 1. The van der Waals surface area contributed by atoms with Crippen molar-refractivity contribution in [1.29, 1.82) is 0 Å². The van der Waals surface area contributed by atoms with Crippen LogP contribution in [0.1, 0.15) is 31.0 Å². The summed E-state index contributed by atoms with van der Waals surface area (Å²) in [5, 5.41) is 19.1. The summed E-state index contributed by atoms with van der Waals surface area (Å²) in [6.45, 7) is 7.28. The number of carbonyl (C=O) groups is 1. The van der Waals surface area contributed by atoms with Crippen molar-refractivity contribution in [3.8, 4) is 5.75 Å². The van der Waals surface area contributed by atoms with E-state index in [1.807, 2.05) is 32.9 Å². The van der Waals surface area contributed by atoms with Gasteiger partial charge in [0.2, 0.25) is 0 Å². The molecule has 0 bridgehead atoms. The number of aromatic hydroxyl groups is 1. The zero-order valence-electron chi connectivity index (χ0n) is 11.6. The van der Waals surface area contributed by atoms with E-state index in [9.17, 15) is 15.0 Å². The number of hydrogen-bond acceptors (Lipinski definition) is 3. The Labute approximate surface area is 113 Å². The first kappa shape index (κ1) is 13.9. The molecule has 1 heterocycles. The topological polar surface area (TPSA) is 60.8 Å². The monoisotopic (exact) mass is 263 g/mol. The van der Waals surface area contributed by atoms with Crippen LogP contribution in [-0.4, -0.2) is 34.2 Å². The van der Waals surface area contributed by atoms with Crippen molar-refractivity contribution < 1.29 is 15.0 Å². The minimum atomic E-state index is -0.726. The zero-order chi connectivity index (χ0) is 14.2. The SMILES string of the molecule is Cc1ccc(O)c(C(C)N2CC(C)C(C(=O)O)C2)c1. The highest BCUT2D eigenvalue weighted by Gasteiger charge is 2.37. The largest absolute Gasteiger partial charge is 0.508 e. The maximum atomic E-state index is 11.2. The third kappa shape index (κ3) is 2.73. The third-order valence-electron chi connectivity index (χ3n) is 4.14. The molecule has 4 nitrogen and oxygen atoms in total. The molecule has 2 rings (SSSR count). The van der Waals surface area contributed by atoms with Crippen molar-refractivity contribution in [1.82, 2.24) is 4.90 Å². The van der Waals surface area contributed by atoms with E-state index < -0.39 is 5.97 Å². The van der Waals surface area contributed by atoms with Crippen molar-refractivity contribution in [2.24, 2.45) is 11.8 Å². The third-order valence-corrected chi connectivity index (χ3v) is 4.14. The molecule has 19 heavy (non-hydrogen) atoms. The molecule has 3 atom stereocenters. The van der Waals surface area contributed by atoms with Crippen molar-refractivity contribution in [2.75, 3.05) is 13.1 Å². The highest BCUT2D eigenvalue weighted by atomic mass is 16.4. The van der Waals surface area contributed by atoms with Crippen LogP contribution in [0.25, 0.3) is 0 Å². The van der Waals surface area contributed by atoms with Crippen LogP contribution in [0, 0.1) is 18.8 Å². The van der Waals surface area contributed by atoms with Gasteiger partial charge in [0.25, 0.3) is 0 Å². The van der Waals surface area contributed by atoms with Gasteiger partial charge in [-0.3, -0.25) is 9.69 Å². The second-order valence-electron chi connectivity index (χ2n) is 5.61. The van der Waals surface area contributed by atoms with Crippen LogP contribution in [0.3, 0.4) is 0 Å². The average Bonchev–Trinajstić information content (AvgIpc) is 2.74.